The number of carbonyl (C=O) groups is 2. The van der Waals surface area contributed by atoms with E-state index in [0.717, 1.165) is 11.6 Å². The van der Waals surface area contributed by atoms with Crippen LogP contribution in [0.2, 0.25) is 0 Å². The minimum atomic E-state index is -1.44. The monoisotopic (exact) mass is 399 g/mol. The van der Waals surface area contributed by atoms with Gasteiger partial charge in [-0.25, -0.2) is 4.79 Å². The van der Waals surface area contributed by atoms with Crippen molar-refractivity contribution in [2.75, 3.05) is 18.5 Å². The molecule has 2 aromatic carbocycles. The number of aliphatic carboxylic acids is 1. The zero-order valence-corrected chi connectivity index (χ0v) is 15.6. The third-order valence-electron chi connectivity index (χ3n) is 4.89. The molecule has 1 aliphatic rings. The molecular formula is C20H21N3O6. The van der Waals surface area contributed by atoms with E-state index < -0.39 is 22.3 Å². The van der Waals surface area contributed by atoms with Crippen molar-refractivity contribution >= 4 is 23.3 Å². The van der Waals surface area contributed by atoms with Gasteiger partial charge in [0, 0.05) is 44.2 Å². The van der Waals surface area contributed by atoms with Crippen molar-refractivity contribution < 1.29 is 24.4 Å². The van der Waals surface area contributed by atoms with Crippen LogP contribution in [0.3, 0.4) is 0 Å². The summed E-state index contributed by atoms with van der Waals surface area (Å²) in [5.41, 5.74) is -0.450. The maximum atomic E-state index is 12.6. The zero-order chi connectivity index (χ0) is 20.9. The fourth-order valence-corrected chi connectivity index (χ4v) is 3.17. The van der Waals surface area contributed by atoms with Crippen LogP contribution in [0.5, 0.6) is 0 Å². The van der Waals surface area contributed by atoms with Gasteiger partial charge in [0.1, 0.15) is 11.2 Å². The normalized spacial score (nSPS) is 15.3. The van der Waals surface area contributed by atoms with Crippen LogP contribution in [0, 0.1) is 10.1 Å². The van der Waals surface area contributed by atoms with Crippen LogP contribution in [0.4, 0.5) is 11.4 Å². The van der Waals surface area contributed by atoms with E-state index in [2.05, 4.69) is 10.6 Å². The molecule has 2 aromatic rings. The molecule has 1 fully saturated rings. The topological polar surface area (TPSA) is 131 Å². The minimum absolute atomic E-state index is 0.0223. The highest BCUT2D eigenvalue weighted by atomic mass is 16.6. The van der Waals surface area contributed by atoms with Crippen LogP contribution in [-0.4, -0.2) is 40.7 Å². The summed E-state index contributed by atoms with van der Waals surface area (Å²) in [7, 11) is 0. The van der Waals surface area contributed by atoms with E-state index >= 15 is 0 Å². The second-order valence-corrected chi connectivity index (χ2v) is 6.78. The van der Waals surface area contributed by atoms with E-state index in [1.165, 1.54) is 12.1 Å². The fourth-order valence-electron chi connectivity index (χ4n) is 3.17. The number of hydrogen-bond acceptors (Lipinski definition) is 6. The van der Waals surface area contributed by atoms with Crippen molar-refractivity contribution in [3.8, 4) is 0 Å². The maximum absolute atomic E-state index is 12.6. The smallest absolute Gasteiger partial charge is 0.329 e. The number of carbonyl (C=O) groups excluding carboxylic acids is 1. The quantitative estimate of drug-likeness (QED) is 0.482. The highest BCUT2D eigenvalue weighted by Crippen LogP contribution is 2.27. The Balaban J connectivity index is 1.79. The van der Waals surface area contributed by atoms with E-state index in [1.807, 2.05) is 30.3 Å². The average Bonchev–Trinajstić information content (AvgIpc) is 2.73. The molecule has 1 saturated heterocycles. The Hall–Kier alpha value is -3.46. The maximum Gasteiger partial charge on any atom is 0.329 e. The first kappa shape index (κ1) is 20.3. The second-order valence-electron chi connectivity index (χ2n) is 6.78. The SMILES string of the molecule is O=C(NC1(C(=O)O)CCOCC1)c1ccc(NCc2ccccc2)c([N+](=O)[O-])c1. The van der Waals surface area contributed by atoms with Gasteiger partial charge in [-0.15, -0.1) is 0 Å². The summed E-state index contributed by atoms with van der Waals surface area (Å²) in [5.74, 6) is -1.82. The van der Waals surface area contributed by atoms with Gasteiger partial charge >= 0.3 is 5.97 Å². The molecule has 3 rings (SSSR count). The van der Waals surface area contributed by atoms with Crippen molar-refractivity contribution in [2.24, 2.45) is 0 Å². The highest BCUT2D eigenvalue weighted by molar-refractivity contribution is 5.99. The van der Waals surface area contributed by atoms with Gasteiger partial charge < -0.3 is 20.5 Å². The van der Waals surface area contributed by atoms with Crippen molar-refractivity contribution in [1.82, 2.24) is 5.32 Å². The lowest BCUT2D eigenvalue weighted by atomic mass is 9.89. The summed E-state index contributed by atoms with van der Waals surface area (Å²) in [5, 5.41) is 26.6. The number of nitro groups is 1. The number of carboxylic acids is 1. The molecule has 0 bridgehead atoms. The molecule has 0 saturated carbocycles. The number of anilines is 1. The van der Waals surface area contributed by atoms with Gasteiger partial charge in [0.15, 0.2) is 0 Å². The van der Waals surface area contributed by atoms with Gasteiger partial charge in [0.05, 0.1) is 4.92 Å². The number of rotatable bonds is 7. The van der Waals surface area contributed by atoms with Crippen molar-refractivity contribution in [3.63, 3.8) is 0 Å². The Morgan fingerprint density at radius 3 is 2.45 bits per heavy atom. The van der Waals surface area contributed by atoms with Gasteiger partial charge in [-0.05, 0) is 17.7 Å². The van der Waals surface area contributed by atoms with E-state index in [4.69, 9.17) is 4.74 Å². The summed E-state index contributed by atoms with van der Waals surface area (Å²) >= 11 is 0. The molecule has 9 heteroatoms. The van der Waals surface area contributed by atoms with E-state index in [1.54, 1.807) is 0 Å². The summed E-state index contributed by atoms with van der Waals surface area (Å²) in [6, 6.07) is 13.4. The molecule has 0 atom stereocenters. The van der Waals surface area contributed by atoms with Gasteiger partial charge in [0.2, 0.25) is 0 Å². The third-order valence-corrected chi connectivity index (χ3v) is 4.89. The number of nitrogens with zero attached hydrogens (tertiary/aromatic N) is 1. The molecular weight excluding hydrogens is 378 g/mol. The number of carboxylic acid groups (broad SMARTS) is 1. The number of nitrogens with one attached hydrogen (secondary N) is 2. The molecule has 0 unspecified atom stereocenters. The largest absolute Gasteiger partial charge is 0.480 e. The van der Waals surface area contributed by atoms with Crippen molar-refractivity contribution in [1.29, 1.82) is 0 Å². The molecule has 29 heavy (non-hydrogen) atoms. The average molecular weight is 399 g/mol. The van der Waals surface area contributed by atoms with Crippen LogP contribution >= 0.6 is 0 Å². The van der Waals surface area contributed by atoms with E-state index in [9.17, 15) is 24.8 Å². The molecule has 1 aliphatic heterocycles. The van der Waals surface area contributed by atoms with E-state index in [-0.39, 0.29) is 43.0 Å². The number of amides is 1. The molecule has 9 nitrogen and oxygen atoms in total. The van der Waals surface area contributed by atoms with E-state index in [0.29, 0.717) is 6.54 Å². The van der Waals surface area contributed by atoms with Gasteiger partial charge in [0.25, 0.3) is 11.6 Å². The van der Waals surface area contributed by atoms with Crippen LogP contribution in [0.1, 0.15) is 28.8 Å². The Kier molecular flexibility index (Phi) is 6.08. The second kappa shape index (κ2) is 8.70. The number of hydrogen-bond donors (Lipinski definition) is 3. The Labute approximate surface area is 166 Å². The predicted molar refractivity (Wildman–Crippen MR) is 105 cm³/mol. The van der Waals surface area contributed by atoms with Gasteiger partial charge in [-0.3, -0.25) is 14.9 Å². The molecule has 0 aromatic heterocycles. The van der Waals surface area contributed by atoms with Crippen LogP contribution < -0.4 is 10.6 Å². The first-order chi connectivity index (χ1) is 13.9. The first-order valence-corrected chi connectivity index (χ1v) is 9.11. The summed E-state index contributed by atoms with van der Waals surface area (Å²) in [4.78, 5) is 35.2. The third kappa shape index (κ3) is 4.69. The highest BCUT2D eigenvalue weighted by Gasteiger charge is 2.41. The zero-order valence-electron chi connectivity index (χ0n) is 15.6. The summed E-state index contributed by atoms with van der Waals surface area (Å²) in [6.45, 7) is 0.819. The Morgan fingerprint density at radius 1 is 1.14 bits per heavy atom. The number of ether oxygens (including phenoxy) is 1. The minimum Gasteiger partial charge on any atom is -0.480 e. The number of benzene rings is 2. The van der Waals surface area contributed by atoms with Crippen LogP contribution in [-0.2, 0) is 16.1 Å². The fraction of sp³-hybridized carbons (Fsp3) is 0.300. The lowest BCUT2D eigenvalue weighted by Gasteiger charge is -2.33. The van der Waals surface area contributed by atoms with Gasteiger partial charge in [-0.2, -0.15) is 0 Å². The molecule has 0 aliphatic carbocycles. The molecule has 152 valence electrons. The lowest BCUT2D eigenvalue weighted by Crippen LogP contribution is -2.57. The lowest BCUT2D eigenvalue weighted by molar-refractivity contribution is -0.384. The molecule has 1 heterocycles. The Morgan fingerprint density at radius 2 is 1.83 bits per heavy atom. The van der Waals surface area contributed by atoms with Crippen LogP contribution in [0.25, 0.3) is 0 Å². The Bertz CT molecular complexity index is 910. The molecule has 3 N–H and O–H groups in total. The number of nitro benzene ring substituents is 1. The molecule has 1 amide bonds. The summed E-state index contributed by atoms with van der Waals surface area (Å²) in [6.07, 6.45) is 0.264. The standard InChI is InChI=1S/C20H21N3O6/c24-18(22-20(19(25)26)8-10-29-11-9-20)15-6-7-16(17(12-15)23(27)28)21-13-14-4-2-1-3-5-14/h1-7,12,21H,8-11,13H2,(H,22,24)(H,25,26). The predicted octanol–water partition coefficient (Wildman–Crippen LogP) is 2.57. The van der Waals surface area contributed by atoms with Crippen molar-refractivity contribution in [3.05, 3.63) is 69.8 Å². The molecule has 0 spiro atoms. The summed E-state index contributed by atoms with van der Waals surface area (Å²) < 4.78 is 5.18. The first-order valence-electron chi connectivity index (χ1n) is 9.11. The van der Waals surface area contributed by atoms with Crippen LogP contribution in [0.15, 0.2) is 48.5 Å². The van der Waals surface area contributed by atoms with Crippen molar-refractivity contribution in [2.45, 2.75) is 24.9 Å². The van der Waals surface area contributed by atoms with Gasteiger partial charge in [-0.1, -0.05) is 30.3 Å². The molecule has 0 radical (unpaired) electrons.